The monoisotopic (exact) mass is 280 g/mol. The molecular formula is C14H21N2O2P. The normalized spacial score (nSPS) is 11.3. The molecule has 0 bridgehead atoms. The third kappa shape index (κ3) is 7.47. The molecule has 0 saturated heterocycles. The number of allylic oxidation sites excluding steroid dienone is 1. The van der Waals surface area contributed by atoms with Gasteiger partial charge in [-0.2, -0.15) is 0 Å². The van der Waals surface area contributed by atoms with Crippen molar-refractivity contribution in [3.05, 3.63) is 41.7 Å². The van der Waals surface area contributed by atoms with Crippen LogP contribution < -0.4 is 11.1 Å². The highest BCUT2D eigenvalue weighted by molar-refractivity contribution is 7.40. The molecule has 0 aliphatic heterocycles. The number of nitrogens with one attached hydrogen (secondary N) is 1. The van der Waals surface area contributed by atoms with Gasteiger partial charge in [-0.05, 0) is 37.0 Å². The summed E-state index contributed by atoms with van der Waals surface area (Å²) in [5.74, 6) is 0.282. The molecule has 0 aliphatic carbocycles. The lowest BCUT2D eigenvalue weighted by Crippen LogP contribution is -2.13. The number of hydrogen-bond donors (Lipinski definition) is 3. The van der Waals surface area contributed by atoms with E-state index in [4.69, 9.17) is 10.8 Å². The number of phenols is 1. The Bertz CT molecular complexity index is 430. The first-order valence-electron chi connectivity index (χ1n) is 6.32. The molecular weight excluding hydrogens is 259 g/mol. The van der Waals surface area contributed by atoms with Crippen LogP contribution in [0.15, 0.2) is 36.2 Å². The minimum absolute atomic E-state index is 0.119. The summed E-state index contributed by atoms with van der Waals surface area (Å²) in [6.45, 7) is 0.786. The van der Waals surface area contributed by atoms with E-state index in [1.807, 2.05) is 12.1 Å². The fraction of sp³-hybridized carbons (Fsp3) is 0.357. The summed E-state index contributed by atoms with van der Waals surface area (Å²) < 4.78 is 0. The smallest absolute Gasteiger partial charge is 0.148 e. The van der Waals surface area contributed by atoms with E-state index >= 15 is 0 Å². The molecule has 4 N–H and O–H groups in total. The van der Waals surface area contributed by atoms with Gasteiger partial charge in [0.15, 0.2) is 0 Å². The van der Waals surface area contributed by atoms with Crippen LogP contribution in [0.5, 0.6) is 5.75 Å². The zero-order valence-corrected chi connectivity index (χ0v) is 12.1. The zero-order chi connectivity index (χ0) is 14.1. The minimum Gasteiger partial charge on any atom is -0.508 e. The Hall–Kier alpha value is -1.54. The van der Waals surface area contributed by atoms with E-state index in [0.717, 1.165) is 37.1 Å². The number of rotatable bonds is 8. The largest absolute Gasteiger partial charge is 0.508 e. The van der Waals surface area contributed by atoms with Crippen LogP contribution in [0.1, 0.15) is 24.8 Å². The van der Waals surface area contributed by atoms with Crippen LogP contribution in [0.3, 0.4) is 0 Å². The highest BCUT2D eigenvalue weighted by Crippen LogP contribution is 2.09. The second-order valence-electron chi connectivity index (χ2n) is 4.41. The van der Waals surface area contributed by atoms with E-state index < -0.39 is 0 Å². The number of hydrogen-bond acceptors (Lipinski definition) is 4. The van der Waals surface area contributed by atoms with E-state index in [0.29, 0.717) is 6.42 Å². The van der Waals surface area contributed by atoms with Crippen LogP contribution in [0.2, 0.25) is 0 Å². The first-order valence-corrected chi connectivity index (χ1v) is 6.90. The fourth-order valence-electron chi connectivity index (χ4n) is 1.62. The van der Waals surface area contributed by atoms with Gasteiger partial charge in [0.05, 0.1) is 0 Å². The van der Waals surface area contributed by atoms with E-state index in [-0.39, 0.29) is 11.3 Å². The summed E-state index contributed by atoms with van der Waals surface area (Å²) in [5, 5.41) is 12.3. The molecule has 1 atom stereocenters. The lowest BCUT2D eigenvalue weighted by Gasteiger charge is -2.04. The molecule has 0 aromatic heterocycles. The molecule has 5 heteroatoms. The first-order chi connectivity index (χ1) is 9.08. The van der Waals surface area contributed by atoms with Crippen LogP contribution >= 0.6 is 9.24 Å². The van der Waals surface area contributed by atoms with Gasteiger partial charge in [0.2, 0.25) is 0 Å². The minimum atomic E-state index is 0.119. The van der Waals surface area contributed by atoms with Crippen LogP contribution in [0.4, 0.5) is 0 Å². The van der Waals surface area contributed by atoms with Crippen molar-refractivity contribution >= 4 is 14.8 Å². The molecule has 0 fully saturated rings. The Balaban J connectivity index is 2.18. The first kappa shape index (κ1) is 15.5. The molecule has 0 aliphatic rings. The lowest BCUT2D eigenvalue weighted by atomic mass is 10.1. The van der Waals surface area contributed by atoms with Gasteiger partial charge in [-0.3, -0.25) is 4.79 Å². The van der Waals surface area contributed by atoms with Gasteiger partial charge in [-0.25, -0.2) is 0 Å². The molecule has 1 rings (SSSR count). The number of phenolic OH excluding ortho intramolecular Hbond substituents is 1. The molecule has 0 saturated carbocycles. The van der Waals surface area contributed by atoms with E-state index in [2.05, 4.69) is 14.6 Å². The topological polar surface area (TPSA) is 75.3 Å². The second-order valence-corrected chi connectivity index (χ2v) is 5.05. The van der Waals surface area contributed by atoms with E-state index in [1.54, 1.807) is 18.3 Å². The predicted molar refractivity (Wildman–Crippen MR) is 80.7 cm³/mol. The van der Waals surface area contributed by atoms with Crippen molar-refractivity contribution in [3.8, 4) is 5.75 Å². The van der Waals surface area contributed by atoms with Crippen LogP contribution in [0.25, 0.3) is 0 Å². The van der Waals surface area contributed by atoms with Crippen molar-refractivity contribution in [2.75, 3.05) is 6.54 Å². The van der Waals surface area contributed by atoms with Crippen molar-refractivity contribution in [2.45, 2.75) is 25.7 Å². The summed E-state index contributed by atoms with van der Waals surface area (Å²) in [4.78, 5) is 10.7. The maximum atomic E-state index is 10.7. The average Bonchev–Trinajstić information content (AvgIpc) is 2.36. The predicted octanol–water partition coefficient (Wildman–Crippen LogP) is 1.90. The number of carbonyl (C=O) groups is 1. The quantitative estimate of drug-likeness (QED) is 0.502. The van der Waals surface area contributed by atoms with Crippen LogP contribution in [-0.4, -0.2) is 17.2 Å². The number of carbonyl (C=O) groups excluding carboxylic acids is 1. The number of aromatic hydroxyl groups is 1. The standard InChI is InChI=1S/C14H21N2O2P/c15-12(2-1-3-14(18)19)10-16-9-8-11-4-6-13(17)7-5-11/h4-7,10,16-17H,1-3,8-9,15,19H2/b12-10-. The van der Waals surface area contributed by atoms with Crippen molar-refractivity contribution in [1.82, 2.24) is 5.32 Å². The van der Waals surface area contributed by atoms with E-state index in [1.165, 1.54) is 0 Å². The third-order valence-corrected chi connectivity index (χ3v) is 2.96. The van der Waals surface area contributed by atoms with Crippen LogP contribution in [0, 0.1) is 0 Å². The van der Waals surface area contributed by atoms with E-state index in [9.17, 15) is 4.79 Å². The Morgan fingerprint density at radius 1 is 1.32 bits per heavy atom. The maximum Gasteiger partial charge on any atom is 0.148 e. The second kappa shape index (κ2) is 8.54. The molecule has 0 spiro atoms. The summed E-state index contributed by atoms with van der Waals surface area (Å²) in [6, 6.07) is 7.15. The van der Waals surface area contributed by atoms with Crippen molar-refractivity contribution in [3.63, 3.8) is 0 Å². The Morgan fingerprint density at radius 3 is 2.63 bits per heavy atom. The van der Waals surface area contributed by atoms with Crippen LogP contribution in [-0.2, 0) is 11.2 Å². The molecule has 1 aromatic carbocycles. The van der Waals surface area contributed by atoms with Gasteiger partial charge in [0.25, 0.3) is 0 Å². The summed E-state index contributed by atoms with van der Waals surface area (Å²) >= 11 is 0. The molecule has 0 heterocycles. The molecule has 4 nitrogen and oxygen atoms in total. The number of nitrogens with two attached hydrogens (primary N) is 1. The van der Waals surface area contributed by atoms with Gasteiger partial charge in [-0.1, -0.05) is 21.4 Å². The molecule has 0 amide bonds. The Kier molecular flexibility index (Phi) is 6.98. The summed E-state index contributed by atoms with van der Waals surface area (Å²) in [7, 11) is 2.17. The highest BCUT2D eigenvalue weighted by atomic mass is 31.0. The highest BCUT2D eigenvalue weighted by Gasteiger charge is 1.96. The average molecular weight is 280 g/mol. The fourth-order valence-corrected chi connectivity index (χ4v) is 1.83. The SMILES string of the molecule is N/C(=C\NCCc1ccc(O)cc1)CCCC(=O)P. The molecule has 0 radical (unpaired) electrons. The molecule has 1 unspecified atom stereocenters. The zero-order valence-electron chi connectivity index (χ0n) is 10.9. The maximum absolute atomic E-state index is 10.7. The Labute approximate surface area is 116 Å². The lowest BCUT2D eigenvalue weighted by molar-refractivity contribution is -0.111. The van der Waals surface area contributed by atoms with Crippen molar-refractivity contribution < 1.29 is 9.90 Å². The number of benzene rings is 1. The van der Waals surface area contributed by atoms with Gasteiger partial charge in [0.1, 0.15) is 11.3 Å². The third-order valence-electron chi connectivity index (χ3n) is 2.67. The van der Waals surface area contributed by atoms with Gasteiger partial charge in [0, 0.05) is 24.9 Å². The summed E-state index contributed by atoms with van der Waals surface area (Å²) in [6.07, 6.45) is 4.73. The molecule has 19 heavy (non-hydrogen) atoms. The van der Waals surface area contributed by atoms with Crippen molar-refractivity contribution in [2.24, 2.45) is 5.73 Å². The van der Waals surface area contributed by atoms with Crippen molar-refractivity contribution in [1.29, 1.82) is 0 Å². The van der Waals surface area contributed by atoms with Gasteiger partial charge < -0.3 is 16.2 Å². The summed E-state index contributed by atoms with van der Waals surface area (Å²) in [5.41, 5.74) is 7.84. The molecule has 1 aromatic rings. The van der Waals surface area contributed by atoms with Gasteiger partial charge in [-0.15, -0.1) is 0 Å². The molecule has 104 valence electrons. The van der Waals surface area contributed by atoms with Gasteiger partial charge >= 0.3 is 0 Å². The Morgan fingerprint density at radius 2 is 2.00 bits per heavy atom.